The molecule has 1 saturated carbocycles. The smallest absolute Gasteiger partial charge is 0.122 e. The molecule has 0 spiro atoms. The lowest BCUT2D eigenvalue weighted by molar-refractivity contribution is -0.0589. The van der Waals surface area contributed by atoms with Crippen LogP contribution in [0.1, 0.15) is 44.4 Å². The third-order valence-electron chi connectivity index (χ3n) is 4.65. The molecule has 2 fully saturated rings. The SMILES string of the molecule is CC(C)CNCc1occc1CN1CCOC2CCCC21. The number of hydrogen-bond acceptors (Lipinski definition) is 4. The number of rotatable bonds is 6. The Hall–Kier alpha value is -0.840. The average Bonchev–Trinajstić information content (AvgIpc) is 3.08. The molecule has 4 heteroatoms. The Morgan fingerprint density at radius 2 is 2.29 bits per heavy atom. The van der Waals surface area contributed by atoms with Crippen molar-refractivity contribution in [3.05, 3.63) is 23.7 Å². The van der Waals surface area contributed by atoms with Gasteiger partial charge in [-0.1, -0.05) is 13.8 Å². The Morgan fingerprint density at radius 1 is 1.38 bits per heavy atom. The van der Waals surface area contributed by atoms with Crippen LogP contribution in [0.4, 0.5) is 0 Å². The lowest BCUT2D eigenvalue weighted by Crippen LogP contribution is -2.47. The zero-order chi connectivity index (χ0) is 14.7. The van der Waals surface area contributed by atoms with Crippen LogP contribution in [-0.2, 0) is 17.8 Å². The van der Waals surface area contributed by atoms with Crippen molar-refractivity contribution in [3.8, 4) is 0 Å². The van der Waals surface area contributed by atoms with E-state index >= 15 is 0 Å². The van der Waals surface area contributed by atoms with Crippen molar-refractivity contribution in [2.75, 3.05) is 19.7 Å². The quantitative estimate of drug-likeness (QED) is 0.875. The molecule has 2 heterocycles. The highest BCUT2D eigenvalue weighted by molar-refractivity contribution is 5.17. The second-order valence-electron chi connectivity index (χ2n) is 6.77. The Morgan fingerprint density at radius 3 is 3.14 bits per heavy atom. The molecule has 2 unspecified atom stereocenters. The first kappa shape index (κ1) is 15.1. The fourth-order valence-electron chi connectivity index (χ4n) is 3.56. The minimum atomic E-state index is 0.466. The summed E-state index contributed by atoms with van der Waals surface area (Å²) in [7, 11) is 0. The van der Waals surface area contributed by atoms with Gasteiger partial charge in [0.2, 0.25) is 0 Å². The fraction of sp³-hybridized carbons (Fsp3) is 0.765. The zero-order valence-electron chi connectivity index (χ0n) is 13.3. The van der Waals surface area contributed by atoms with E-state index in [4.69, 9.17) is 9.15 Å². The van der Waals surface area contributed by atoms with Gasteiger partial charge in [-0.2, -0.15) is 0 Å². The number of nitrogens with zero attached hydrogens (tertiary/aromatic N) is 1. The molecule has 1 aromatic rings. The predicted octanol–water partition coefficient (Wildman–Crippen LogP) is 2.78. The van der Waals surface area contributed by atoms with Gasteiger partial charge in [0, 0.05) is 24.7 Å². The van der Waals surface area contributed by atoms with Crippen molar-refractivity contribution < 1.29 is 9.15 Å². The van der Waals surface area contributed by atoms with Gasteiger partial charge in [0.05, 0.1) is 25.5 Å². The van der Waals surface area contributed by atoms with Crippen LogP contribution in [0.25, 0.3) is 0 Å². The van der Waals surface area contributed by atoms with Gasteiger partial charge >= 0.3 is 0 Å². The van der Waals surface area contributed by atoms with Gasteiger partial charge in [0.15, 0.2) is 0 Å². The number of ether oxygens (including phenoxy) is 1. The number of hydrogen-bond donors (Lipinski definition) is 1. The molecule has 1 aliphatic heterocycles. The summed E-state index contributed by atoms with van der Waals surface area (Å²) in [6, 6.07) is 2.75. The Kier molecular flexibility index (Phi) is 4.99. The second-order valence-corrected chi connectivity index (χ2v) is 6.77. The van der Waals surface area contributed by atoms with E-state index in [2.05, 4.69) is 30.1 Å². The molecule has 4 nitrogen and oxygen atoms in total. The first-order valence-corrected chi connectivity index (χ1v) is 8.35. The molecule has 21 heavy (non-hydrogen) atoms. The maximum absolute atomic E-state index is 5.90. The van der Waals surface area contributed by atoms with Crippen molar-refractivity contribution in [1.29, 1.82) is 0 Å². The van der Waals surface area contributed by atoms with E-state index in [1.807, 2.05) is 6.26 Å². The van der Waals surface area contributed by atoms with E-state index in [0.29, 0.717) is 18.1 Å². The van der Waals surface area contributed by atoms with Crippen LogP contribution < -0.4 is 5.32 Å². The van der Waals surface area contributed by atoms with Gasteiger partial charge in [-0.3, -0.25) is 4.90 Å². The van der Waals surface area contributed by atoms with Crippen LogP contribution in [0.15, 0.2) is 16.7 Å². The van der Waals surface area contributed by atoms with Gasteiger partial charge in [0.25, 0.3) is 0 Å². The van der Waals surface area contributed by atoms with Crippen LogP contribution in [0.5, 0.6) is 0 Å². The van der Waals surface area contributed by atoms with Crippen molar-refractivity contribution in [2.24, 2.45) is 5.92 Å². The van der Waals surface area contributed by atoms with E-state index in [0.717, 1.165) is 38.5 Å². The van der Waals surface area contributed by atoms with Gasteiger partial charge in [-0.15, -0.1) is 0 Å². The molecular formula is C17H28N2O2. The third kappa shape index (κ3) is 3.68. The molecule has 1 aromatic heterocycles. The molecule has 0 bridgehead atoms. The highest BCUT2D eigenvalue weighted by Gasteiger charge is 2.36. The normalized spacial score (nSPS) is 26.4. The number of morpholine rings is 1. The summed E-state index contributed by atoms with van der Waals surface area (Å²) >= 11 is 0. The van der Waals surface area contributed by atoms with E-state index in [-0.39, 0.29) is 0 Å². The largest absolute Gasteiger partial charge is 0.468 e. The first-order chi connectivity index (χ1) is 10.2. The van der Waals surface area contributed by atoms with Crippen molar-refractivity contribution in [3.63, 3.8) is 0 Å². The molecular weight excluding hydrogens is 264 g/mol. The minimum absolute atomic E-state index is 0.466. The highest BCUT2D eigenvalue weighted by atomic mass is 16.5. The maximum atomic E-state index is 5.90. The maximum Gasteiger partial charge on any atom is 0.122 e. The Balaban J connectivity index is 1.58. The summed E-state index contributed by atoms with van der Waals surface area (Å²) in [5, 5.41) is 3.47. The van der Waals surface area contributed by atoms with Crippen molar-refractivity contribution >= 4 is 0 Å². The molecule has 1 N–H and O–H groups in total. The highest BCUT2D eigenvalue weighted by Crippen LogP contribution is 2.31. The Bertz CT molecular complexity index is 444. The summed E-state index contributed by atoms with van der Waals surface area (Å²) in [5.41, 5.74) is 1.33. The number of fused-ring (bicyclic) bond motifs is 1. The summed E-state index contributed by atoms with van der Waals surface area (Å²) in [6.45, 7) is 9.24. The van der Waals surface area contributed by atoms with E-state index < -0.39 is 0 Å². The molecule has 0 radical (unpaired) electrons. The molecule has 2 aliphatic rings. The molecule has 0 amide bonds. The molecule has 0 aromatic carbocycles. The summed E-state index contributed by atoms with van der Waals surface area (Å²) < 4.78 is 11.6. The lowest BCUT2D eigenvalue weighted by Gasteiger charge is -2.37. The number of nitrogens with one attached hydrogen (secondary N) is 1. The zero-order valence-corrected chi connectivity index (χ0v) is 13.3. The molecule has 3 rings (SSSR count). The van der Waals surface area contributed by atoms with Crippen LogP contribution >= 0.6 is 0 Å². The fourth-order valence-corrected chi connectivity index (χ4v) is 3.56. The van der Waals surface area contributed by atoms with Crippen LogP contribution in [0, 0.1) is 5.92 Å². The minimum Gasteiger partial charge on any atom is -0.468 e. The van der Waals surface area contributed by atoms with Gasteiger partial charge < -0.3 is 14.5 Å². The second kappa shape index (κ2) is 6.95. The standard InChI is InChI=1S/C17H28N2O2/c1-13(2)10-18-11-17-14(6-8-20-17)12-19-7-9-21-16-5-3-4-15(16)19/h6,8,13,15-16,18H,3-5,7,9-12H2,1-2H3. The predicted molar refractivity (Wildman–Crippen MR) is 83.0 cm³/mol. The topological polar surface area (TPSA) is 37.6 Å². The van der Waals surface area contributed by atoms with Gasteiger partial charge in [-0.25, -0.2) is 0 Å². The van der Waals surface area contributed by atoms with Crippen LogP contribution in [0.3, 0.4) is 0 Å². The molecule has 2 atom stereocenters. The van der Waals surface area contributed by atoms with Crippen molar-refractivity contribution in [1.82, 2.24) is 10.2 Å². The molecule has 1 saturated heterocycles. The van der Waals surface area contributed by atoms with E-state index in [1.54, 1.807) is 0 Å². The van der Waals surface area contributed by atoms with Crippen LogP contribution in [-0.4, -0.2) is 36.7 Å². The average molecular weight is 292 g/mol. The monoisotopic (exact) mass is 292 g/mol. The van der Waals surface area contributed by atoms with Gasteiger partial charge in [-0.05, 0) is 37.8 Å². The third-order valence-corrected chi connectivity index (χ3v) is 4.65. The van der Waals surface area contributed by atoms with Crippen LogP contribution in [0.2, 0.25) is 0 Å². The molecule has 1 aliphatic carbocycles. The lowest BCUT2D eigenvalue weighted by atomic mass is 10.1. The Labute approximate surface area is 127 Å². The van der Waals surface area contributed by atoms with Gasteiger partial charge in [0.1, 0.15) is 5.76 Å². The summed E-state index contributed by atoms with van der Waals surface area (Å²) in [4.78, 5) is 2.60. The number of furan rings is 1. The first-order valence-electron chi connectivity index (χ1n) is 8.35. The van der Waals surface area contributed by atoms with E-state index in [9.17, 15) is 0 Å². The summed E-state index contributed by atoms with van der Waals surface area (Å²) in [6.07, 6.45) is 6.11. The summed E-state index contributed by atoms with van der Waals surface area (Å²) in [5.74, 6) is 1.76. The molecule has 118 valence electrons. The van der Waals surface area contributed by atoms with E-state index in [1.165, 1.54) is 24.8 Å². The van der Waals surface area contributed by atoms with Crippen molar-refractivity contribution in [2.45, 2.75) is 58.3 Å².